The Kier molecular flexibility index (Phi) is 42.8. The van der Waals surface area contributed by atoms with Crippen LogP contribution in [0.15, 0.2) is 48.6 Å². The van der Waals surface area contributed by atoms with E-state index in [-0.39, 0.29) is 0 Å². The van der Waals surface area contributed by atoms with Crippen LogP contribution in [0.5, 0.6) is 0 Å². The standard InChI is InChI=1S/C45H85NO2/c1-4-6-8-10-12-14-16-18-20-22-24-26-28-30-32-34-36-38-42-47-44-40-46(3)41-45-48-43-39-37-35-33-31-29-27-25-23-21-19-17-15-13-11-9-7-5-2/h12-15,18-21H,4-11,16-17,22-45H2,1-3H3. The zero-order valence-corrected chi connectivity index (χ0v) is 32.9. The van der Waals surface area contributed by atoms with Gasteiger partial charge in [0.15, 0.2) is 0 Å². The molecule has 282 valence electrons. The SMILES string of the molecule is CCCCCC=CCC=CCCCCCCCCCCOCCN(C)CCOCCCCCCCCCCC=CCC=CCCCCC. The Morgan fingerprint density at radius 1 is 0.333 bits per heavy atom. The molecule has 3 heteroatoms. The molecule has 0 radical (unpaired) electrons. The highest BCUT2D eigenvalue weighted by Crippen LogP contribution is 2.12. The average molecular weight is 672 g/mol. The number of hydrogen-bond donors (Lipinski definition) is 0. The van der Waals surface area contributed by atoms with E-state index >= 15 is 0 Å². The van der Waals surface area contributed by atoms with Crippen LogP contribution >= 0.6 is 0 Å². The minimum absolute atomic E-state index is 0.841. The number of likely N-dealkylation sites (N-methyl/N-ethyl adjacent to an activating group) is 1. The molecule has 0 rings (SSSR count). The van der Waals surface area contributed by atoms with Gasteiger partial charge < -0.3 is 14.4 Å². The molecule has 0 aliphatic heterocycles. The summed E-state index contributed by atoms with van der Waals surface area (Å²) < 4.78 is 11.8. The molecule has 48 heavy (non-hydrogen) atoms. The minimum Gasteiger partial charge on any atom is -0.380 e. The summed E-state index contributed by atoms with van der Waals surface area (Å²) in [6.45, 7) is 10.1. The van der Waals surface area contributed by atoms with Crippen LogP contribution in [0.25, 0.3) is 0 Å². The number of unbranched alkanes of at least 4 members (excludes halogenated alkanes) is 22. The van der Waals surface area contributed by atoms with Crippen molar-refractivity contribution in [1.82, 2.24) is 4.90 Å². The van der Waals surface area contributed by atoms with E-state index in [9.17, 15) is 0 Å². The first kappa shape index (κ1) is 46.8. The summed E-state index contributed by atoms with van der Waals surface area (Å²) in [4.78, 5) is 2.34. The summed E-state index contributed by atoms with van der Waals surface area (Å²) in [5.41, 5.74) is 0. The fraction of sp³-hybridized carbons (Fsp3) is 0.822. The van der Waals surface area contributed by atoms with Crippen molar-refractivity contribution in [2.45, 2.75) is 194 Å². The quantitative estimate of drug-likeness (QED) is 0.0478. The highest BCUT2D eigenvalue weighted by Gasteiger charge is 2.00. The summed E-state index contributed by atoms with van der Waals surface area (Å²) >= 11 is 0. The highest BCUT2D eigenvalue weighted by molar-refractivity contribution is 4.93. The van der Waals surface area contributed by atoms with Crippen molar-refractivity contribution in [2.75, 3.05) is 46.6 Å². The molecule has 0 aliphatic carbocycles. The Bertz CT molecular complexity index is 639. The third-order valence-corrected chi connectivity index (χ3v) is 9.21. The van der Waals surface area contributed by atoms with Crippen LogP contribution in [-0.4, -0.2) is 51.5 Å². The monoisotopic (exact) mass is 672 g/mol. The van der Waals surface area contributed by atoms with Crippen molar-refractivity contribution in [3.63, 3.8) is 0 Å². The number of ether oxygens (including phenoxy) is 2. The maximum atomic E-state index is 5.88. The van der Waals surface area contributed by atoms with Crippen molar-refractivity contribution in [1.29, 1.82) is 0 Å². The Morgan fingerprint density at radius 2 is 0.625 bits per heavy atom. The van der Waals surface area contributed by atoms with E-state index in [0.29, 0.717) is 0 Å². The van der Waals surface area contributed by atoms with Crippen molar-refractivity contribution in [3.05, 3.63) is 48.6 Å². The van der Waals surface area contributed by atoms with Crippen LogP contribution in [0.1, 0.15) is 194 Å². The number of nitrogens with zero attached hydrogens (tertiary/aromatic N) is 1. The van der Waals surface area contributed by atoms with E-state index in [4.69, 9.17) is 9.47 Å². The predicted molar refractivity (Wildman–Crippen MR) is 216 cm³/mol. The Morgan fingerprint density at radius 3 is 0.958 bits per heavy atom. The van der Waals surface area contributed by atoms with Crippen molar-refractivity contribution < 1.29 is 9.47 Å². The van der Waals surface area contributed by atoms with Gasteiger partial charge in [-0.25, -0.2) is 0 Å². The van der Waals surface area contributed by atoms with Gasteiger partial charge in [-0.05, 0) is 84.1 Å². The lowest BCUT2D eigenvalue weighted by Gasteiger charge is -2.16. The van der Waals surface area contributed by atoms with Crippen LogP contribution in [0.3, 0.4) is 0 Å². The average Bonchev–Trinajstić information content (AvgIpc) is 3.09. The molecular formula is C45H85NO2. The fourth-order valence-electron chi connectivity index (χ4n) is 5.85. The third-order valence-electron chi connectivity index (χ3n) is 9.21. The lowest BCUT2D eigenvalue weighted by molar-refractivity contribution is 0.0814. The molecule has 0 saturated heterocycles. The largest absolute Gasteiger partial charge is 0.380 e. The first-order valence-electron chi connectivity index (χ1n) is 21.2. The van der Waals surface area contributed by atoms with Gasteiger partial charge in [-0.1, -0.05) is 165 Å². The summed E-state index contributed by atoms with van der Waals surface area (Å²) in [6.07, 6.45) is 55.7. The first-order valence-corrected chi connectivity index (χ1v) is 21.2. The molecule has 0 heterocycles. The second-order valence-corrected chi connectivity index (χ2v) is 14.1. The van der Waals surface area contributed by atoms with Crippen molar-refractivity contribution in [3.8, 4) is 0 Å². The lowest BCUT2D eigenvalue weighted by atomic mass is 10.1. The predicted octanol–water partition coefficient (Wildman–Crippen LogP) is 14.1. The van der Waals surface area contributed by atoms with Crippen molar-refractivity contribution in [2.24, 2.45) is 0 Å². The Balaban J connectivity index is 3.23. The molecule has 0 aromatic rings. The second kappa shape index (κ2) is 43.9. The third kappa shape index (κ3) is 42.9. The van der Waals surface area contributed by atoms with Gasteiger partial charge in [-0.3, -0.25) is 0 Å². The van der Waals surface area contributed by atoms with E-state index in [1.165, 1.54) is 167 Å². The zero-order chi connectivity index (χ0) is 34.7. The first-order chi connectivity index (χ1) is 23.8. The maximum absolute atomic E-state index is 5.88. The molecule has 0 spiro atoms. The summed E-state index contributed by atoms with van der Waals surface area (Å²) in [7, 11) is 2.18. The molecular weight excluding hydrogens is 587 g/mol. The van der Waals surface area contributed by atoms with Gasteiger partial charge in [0.25, 0.3) is 0 Å². The molecule has 0 amide bonds. The molecule has 0 saturated carbocycles. The van der Waals surface area contributed by atoms with Crippen LogP contribution < -0.4 is 0 Å². The van der Waals surface area contributed by atoms with Gasteiger partial charge in [0, 0.05) is 26.3 Å². The normalized spacial score (nSPS) is 12.4. The minimum atomic E-state index is 0.841. The summed E-state index contributed by atoms with van der Waals surface area (Å²) in [5, 5.41) is 0. The molecule has 3 nitrogen and oxygen atoms in total. The van der Waals surface area contributed by atoms with E-state index in [2.05, 4.69) is 74.4 Å². The van der Waals surface area contributed by atoms with Crippen LogP contribution in [0, 0.1) is 0 Å². The van der Waals surface area contributed by atoms with Crippen LogP contribution in [-0.2, 0) is 9.47 Å². The van der Waals surface area contributed by atoms with E-state index in [0.717, 1.165) is 52.4 Å². The highest BCUT2D eigenvalue weighted by atomic mass is 16.5. The molecule has 0 aliphatic rings. The maximum Gasteiger partial charge on any atom is 0.0593 e. The lowest BCUT2D eigenvalue weighted by Crippen LogP contribution is -2.27. The smallest absolute Gasteiger partial charge is 0.0593 e. The zero-order valence-electron chi connectivity index (χ0n) is 32.9. The van der Waals surface area contributed by atoms with E-state index in [1.807, 2.05) is 0 Å². The Labute approximate surface area is 302 Å². The van der Waals surface area contributed by atoms with E-state index < -0.39 is 0 Å². The van der Waals surface area contributed by atoms with Crippen LogP contribution in [0.2, 0.25) is 0 Å². The molecule has 0 unspecified atom stereocenters. The van der Waals surface area contributed by atoms with Gasteiger partial charge in [0.05, 0.1) is 13.2 Å². The van der Waals surface area contributed by atoms with Gasteiger partial charge in [-0.2, -0.15) is 0 Å². The summed E-state index contributed by atoms with van der Waals surface area (Å²) in [6, 6.07) is 0. The number of hydrogen-bond acceptors (Lipinski definition) is 3. The molecule has 0 N–H and O–H groups in total. The number of allylic oxidation sites excluding steroid dienone is 8. The van der Waals surface area contributed by atoms with Gasteiger partial charge in [-0.15, -0.1) is 0 Å². The van der Waals surface area contributed by atoms with E-state index in [1.54, 1.807) is 0 Å². The van der Waals surface area contributed by atoms with Gasteiger partial charge in [0.2, 0.25) is 0 Å². The molecule has 0 aromatic heterocycles. The molecule has 0 atom stereocenters. The molecule has 0 bridgehead atoms. The second-order valence-electron chi connectivity index (χ2n) is 14.1. The van der Waals surface area contributed by atoms with Gasteiger partial charge >= 0.3 is 0 Å². The number of rotatable bonds is 40. The molecule has 0 fully saturated rings. The van der Waals surface area contributed by atoms with Crippen LogP contribution in [0.4, 0.5) is 0 Å². The fourth-order valence-corrected chi connectivity index (χ4v) is 5.85. The van der Waals surface area contributed by atoms with Crippen molar-refractivity contribution >= 4 is 0 Å². The summed E-state index contributed by atoms with van der Waals surface area (Å²) in [5.74, 6) is 0. The molecule has 0 aromatic carbocycles. The Hall–Kier alpha value is -1.16. The van der Waals surface area contributed by atoms with Gasteiger partial charge in [0.1, 0.15) is 0 Å². The topological polar surface area (TPSA) is 21.7 Å².